The van der Waals surface area contributed by atoms with Gasteiger partial charge in [-0.3, -0.25) is 19.3 Å². The monoisotopic (exact) mass is 441 g/mol. The minimum absolute atomic E-state index is 0.117. The number of pyridine rings is 1. The van der Waals surface area contributed by atoms with E-state index in [1.165, 1.54) is 0 Å². The zero-order chi connectivity index (χ0) is 22.8. The maximum absolute atomic E-state index is 13.4. The van der Waals surface area contributed by atoms with E-state index < -0.39 is 6.04 Å². The predicted molar refractivity (Wildman–Crippen MR) is 120 cm³/mol. The summed E-state index contributed by atoms with van der Waals surface area (Å²) < 4.78 is 3.65. The van der Waals surface area contributed by atoms with Gasteiger partial charge in [0.15, 0.2) is 0 Å². The first-order valence-electron chi connectivity index (χ1n) is 10.7. The fraction of sp³-hybridized carbons (Fsp3) is 0.208. The molecule has 1 aromatic carbocycles. The first-order chi connectivity index (χ1) is 16.1. The number of aryl methyl sites for hydroxylation is 1. The Bertz CT molecular complexity index is 1280. The highest BCUT2D eigenvalue weighted by molar-refractivity contribution is 5.95. The molecule has 3 aromatic heterocycles. The molecule has 1 N–H and O–H groups in total. The second-order valence-corrected chi connectivity index (χ2v) is 7.94. The average molecular weight is 441 g/mol. The number of carbonyl (C=O) groups is 2. The fourth-order valence-electron chi connectivity index (χ4n) is 4.10. The van der Waals surface area contributed by atoms with E-state index in [-0.39, 0.29) is 11.8 Å². The van der Waals surface area contributed by atoms with Gasteiger partial charge in [0.05, 0.1) is 11.8 Å². The number of amides is 2. The standard InChI is InChI=1S/C24H23N7O2/c1-29-15-17(13-27-29)12-26-23(32)20-16-30-10-11-31(24(33)19-8-5-9-25-14-19)21(22(30)28-20)18-6-3-2-4-7-18/h2-9,13-16,21H,10-12H2,1H3,(H,26,32). The summed E-state index contributed by atoms with van der Waals surface area (Å²) in [5.74, 6) is 0.280. The summed E-state index contributed by atoms with van der Waals surface area (Å²) >= 11 is 0. The van der Waals surface area contributed by atoms with Crippen molar-refractivity contribution in [3.63, 3.8) is 0 Å². The molecule has 1 aliphatic rings. The van der Waals surface area contributed by atoms with E-state index in [1.54, 1.807) is 46.5 Å². The lowest BCUT2D eigenvalue weighted by Gasteiger charge is -2.36. The Morgan fingerprint density at radius 3 is 2.64 bits per heavy atom. The molecule has 4 aromatic rings. The summed E-state index contributed by atoms with van der Waals surface area (Å²) in [6.45, 7) is 1.41. The molecule has 166 valence electrons. The van der Waals surface area contributed by atoms with Crippen molar-refractivity contribution in [1.82, 2.24) is 34.5 Å². The molecule has 0 fully saturated rings. The molecule has 1 aliphatic heterocycles. The number of hydrogen-bond donors (Lipinski definition) is 1. The first-order valence-corrected chi connectivity index (χ1v) is 10.7. The van der Waals surface area contributed by atoms with Crippen molar-refractivity contribution < 1.29 is 9.59 Å². The van der Waals surface area contributed by atoms with Gasteiger partial charge in [0.25, 0.3) is 11.8 Å². The third-order valence-electron chi connectivity index (χ3n) is 5.67. The van der Waals surface area contributed by atoms with Crippen LogP contribution < -0.4 is 5.32 Å². The van der Waals surface area contributed by atoms with Crippen LogP contribution in [-0.4, -0.2) is 47.6 Å². The lowest BCUT2D eigenvalue weighted by molar-refractivity contribution is 0.0658. The number of aromatic nitrogens is 5. The number of benzene rings is 1. The molecule has 9 nitrogen and oxygen atoms in total. The molecule has 2 amide bonds. The zero-order valence-electron chi connectivity index (χ0n) is 18.1. The van der Waals surface area contributed by atoms with Crippen LogP contribution in [0.4, 0.5) is 0 Å². The van der Waals surface area contributed by atoms with Crippen LogP contribution in [-0.2, 0) is 20.1 Å². The SMILES string of the molecule is Cn1cc(CNC(=O)c2cn3c(n2)C(c2ccccc2)N(C(=O)c2cccnc2)CC3)cn1. The summed E-state index contributed by atoms with van der Waals surface area (Å²) in [6.07, 6.45) is 8.54. The highest BCUT2D eigenvalue weighted by Gasteiger charge is 2.35. The molecule has 1 atom stereocenters. The van der Waals surface area contributed by atoms with E-state index in [2.05, 4.69) is 20.4 Å². The summed E-state index contributed by atoms with van der Waals surface area (Å²) in [6, 6.07) is 12.9. The van der Waals surface area contributed by atoms with E-state index >= 15 is 0 Å². The van der Waals surface area contributed by atoms with Crippen LogP contribution in [0.5, 0.6) is 0 Å². The maximum Gasteiger partial charge on any atom is 0.271 e. The van der Waals surface area contributed by atoms with Gasteiger partial charge in [0.2, 0.25) is 0 Å². The molecule has 1 unspecified atom stereocenters. The molecule has 5 rings (SSSR count). The van der Waals surface area contributed by atoms with Crippen LogP contribution in [0, 0.1) is 0 Å². The largest absolute Gasteiger partial charge is 0.346 e. The van der Waals surface area contributed by atoms with Crippen molar-refractivity contribution in [3.05, 3.63) is 102 Å². The zero-order valence-corrected chi connectivity index (χ0v) is 18.1. The van der Waals surface area contributed by atoms with Crippen LogP contribution in [0.25, 0.3) is 0 Å². The van der Waals surface area contributed by atoms with Crippen molar-refractivity contribution in [1.29, 1.82) is 0 Å². The van der Waals surface area contributed by atoms with E-state index in [0.717, 1.165) is 11.1 Å². The van der Waals surface area contributed by atoms with Gasteiger partial charge in [-0.25, -0.2) is 4.98 Å². The highest BCUT2D eigenvalue weighted by Crippen LogP contribution is 2.32. The van der Waals surface area contributed by atoms with Crippen molar-refractivity contribution >= 4 is 11.8 Å². The Morgan fingerprint density at radius 1 is 1.06 bits per heavy atom. The minimum atomic E-state index is -0.410. The third kappa shape index (κ3) is 4.12. The van der Waals surface area contributed by atoms with E-state index in [0.29, 0.717) is 36.7 Å². The highest BCUT2D eigenvalue weighted by atomic mass is 16.2. The molecular formula is C24H23N7O2. The van der Waals surface area contributed by atoms with Crippen LogP contribution in [0.2, 0.25) is 0 Å². The van der Waals surface area contributed by atoms with Gasteiger partial charge in [-0.15, -0.1) is 0 Å². The second-order valence-electron chi connectivity index (χ2n) is 7.94. The topological polar surface area (TPSA) is 97.9 Å². The van der Waals surface area contributed by atoms with Crippen LogP contribution >= 0.6 is 0 Å². The van der Waals surface area contributed by atoms with Crippen molar-refractivity contribution in [3.8, 4) is 0 Å². The third-order valence-corrected chi connectivity index (χ3v) is 5.67. The van der Waals surface area contributed by atoms with Gasteiger partial charge in [-0.2, -0.15) is 5.10 Å². The molecule has 0 spiro atoms. The lowest BCUT2D eigenvalue weighted by Crippen LogP contribution is -2.42. The van der Waals surface area contributed by atoms with E-state index in [4.69, 9.17) is 0 Å². The van der Waals surface area contributed by atoms with Gasteiger partial charge < -0.3 is 14.8 Å². The average Bonchev–Trinajstić information content (AvgIpc) is 3.48. The van der Waals surface area contributed by atoms with Crippen LogP contribution in [0.15, 0.2) is 73.4 Å². The summed E-state index contributed by atoms with van der Waals surface area (Å²) in [4.78, 5) is 36.7. The second kappa shape index (κ2) is 8.70. The molecule has 0 saturated carbocycles. The normalized spacial score (nSPS) is 15.2. The maximum atomic E-state index is 13.4. The van der Waals surface area contributed by atoms with Crippen LogP contribution in [0.3, 0.4) is 0 Å². The number of imidazole rings is 1. The van der Waals surface area contributed by atoms with Gasteiger partial charge in [0, 0.05) is 57.0 Å². The quantitative estimate of drug-likeness (QED) is 0.512. The number of carbonyl (C=O) groups excluding carboxylic acids is 2. The first kappa shape index (κ1) is 20.6. The Hall–Kier alpha value is -4.27. The van der Waals surface area contributed by atoms with Crippen molar-refractivity contribution in [2.75, 3.05) is 6.54 Å². The summed E-state index contributed by atoms with van der Waals surface area (Å²) in [5.41, 5.74) is 2.69. The summed E-state index contributed by atoms with van der Waals surface area (Å²) in [5, 5.41) is 7.01. The molecule has 4 heterocycles. The van der Waals surface area contributed by atoms with E-state index in [1.807, 2.05) is 48.1 Å². The van der Waals surface area contributed by atoms with Gasteiger partial charge in [0.1, 0.15) is 17.6 Å². The van der Waals surface area contributed by atoms with Crippen molar-refractivity contribution in [2.24, 2.45) is 7.05 Å². The molecular weight excluding hydrogens is 418 g/mol. The van der Waals surface area contributed by atoms with Gasteiger partial charge >= 0.3 is 0 Å². The number of fused-ring (bicyclic) bond motifs is 1. The van der Waals surface area contributed by atoms with E-state index in [9.17, 15) is 9.59 Å². The fourth-order valence-corrected chi connectivity index (χ4v) is 4.10. The van der Waals surface area contributed by atoms with Gasteiger partial charge in [-0.05, 0) is 17.7 Å². The smallest absolute Gasteiger partial charge is 0.271 e. The Labute approximate surface area is 190 Å². The molecule has 0 bridgehead atoms. The molecule has 33 heavy (non-hydrogen) atoms. The van der Waals surface area contributed by atoms with Gasteiger partial charge in [-0.1, -0.05) is 30.3 Å². The Morgan fingerprint density at radius 2 is 1.91 bits per heavy atom. The van der Waals surface area contributed by atoms with Crippen molar-refractivity contribution in [2.45, 2.75) is 19.1 Å². The Balaban J connectivity index is 1.45. The molecule has 0 saturated heterocycles. The number of nitrogens with one attached hydrogen (secondary N) is 1. The van der Waals surface area contributed by atoms with Crippen LogP contribution in [0.1, 0.15) is 43.8 Å². The number of hydrogen-bond acceptors (Lipinski definition) is 5. The Kier molecular flexibility index (Phi) is 5.43. The number of nitrogens with zero attached hydrogens (tertiary/aromatic N) is 6. The minimum Gasteiger partial charge on any atom is -0.346 e. The molecule has 0 radical (unpaired) electrons. The lowest BCUT2D eigenvalue weighted by atomic mass is 10.0. The summed E-state index contributed by atoms with van der Waals surface area (Å²) in [7, 11) is 1.83. The molecule has 9 heteroatoms. The predicted octanol–water partition coefficient (Wildman–Crippen LogP) is 2.19. The molecule has 0 aliphatic carbocycles. The number of rotatable bonds is 5.